The van der Waals surface area contributed by atoms with Gasteiger partial charge in [-0.2, -0.15) is 4.98 Å². The van der Waals surface area contributed by atoms with Gasteiger partial charge in [-0.3, -0.25) is 19.0 Å². The van der Waals surface area contributed by atoms with Crippen LogP contribution >= 0.6 is 0 Å². The number of imidazole rings is 1. The summed E-state index contributed by atoms with van der Waals surface area (Å²) in [5, 5.41) is 0. The zero-order valence-electron chi connectivity index (χ0n) is 17.5. The summed E-state index contributed by atoms with van der Waals surface area (Å²) in [6, 6.07) is 0. The summed E-state index contributed by atoms with van der Waals surface area (Å²) in [5.74, 6) is -2.75. The van der Waals surface area contributed by atoms with E-state index in [0.717, 1.165) is 0 Å². The Morgan fingerprint density at radius 3 is 2.61 bits per heavy atom. The molecule has 2 aromatic heterocycles. The summed E-state index contributed by atoms with van der Waals surface area (Å²) in [6.07, 6.45) is -2.09. The van der Waals surface area contributed by atoms with E-state index < -0.39 is 69.8 Å². The van der Waals surface area contributed by atoms with Crippen molar-refractivity contribution in [2.24, 2.45) is 0 Å². The number of hydrogen-bond acceptors (Lipinski definition) is 11. The van der Waals surface area contributed by atoms with Gasteiger partial charge in [-0.25, -0.2) is 9.97 Å². The monoisotopic (exact) mass is 396 g/mol. The molecule has 0 spiro atoms. The van der Waals surface area contributed by atoms with Gasteiger partial charge in [-0.15, -0.1) is 0 Å². The van der Waals surface area contributed by atoms with Gasteiger partial charge in [0, 0.05) is 24.8 Å². The van der Waals surface area contributed by atoms with E-state index in [1.165, 1.54) is 17.1 Å². The number of nitrogens with zero attached hydrogens (tertiary/aromatic N) is 4. The lowest BCUT2D eigenvalue weighted by Gasteiger charge is -2.23. The van der Waals surface area contributed by atoms with Crippen LogP contribution in [0.15, 0.2) is 12.5 Å². The molecule has 2 N–H and O–H groups in total. The highest BCUT2D eigenvalue weighted by Gasteiger charge is 2.51. The quantitative estimate of drug-likeness (QED) is 0.524. The third-order valence-corrected chi connectivity index (χ3v) is 3.84. The normalized spacial score (nSPS) is 25.5. The third kappa shape index (κ3) is 4.01. The highest BCUT2D eigenvalue weighted by Crippen LogP contribution is 2.35. The van der Waals surface area contributed by atoms with E-state index in [2.05, 4.69) is 15.0 Å². The van der Waals surface area contributed by atoms with Crippen LogP contribution in [-0.4, -0.2) is 62.3 Å². The van der Waals surface area contributed by atoms with Crippen LogP contribution in [0.1, 0.15) is 31.0 Å². The fraction of sp³-hybridized carbons (Fsp3) is 0.500. The molecular formula is C16H19N5O7. The van der Waals surface area contributed by atoms with Crippen molar-refractivity contribution < 1.29 is 37.4 Å². The van der Waals surface area contributed by atoms with Crippen molar-refractivity contribution in [3.8, 4) is 0 Å². The zero-order valence-corrected chi connectivity index (χ0v) is 14.5. The maximum absolute atomic E-state index is 11.9. The number of esters is 3. The minimum Gasteiger partial charge on any atom is -0.463 e. The molecular weight excluding hydrogens is 374 g/mol. The molecule has 0 aromatic carbocycles. The summed E-state index contributed by atoms with van der Waals surface area (Å²) in [4.78, 5) is 47.2. The van der Waals surface area contributed by atoms with Crippen molar-refractivity contribution >= 4 is 35.0 Å². The van der Waals surface area contributed by atoms with E-state index in [1.54, 1.807) is 0 Å². The summed E-state index contributed by atoms with van der Waals surface area (Å²) in [7, 11) is 0. The van der Waals surface area contributed by atoms with Crippen molar-refractivity contribution in [1.82, 2.24) is 19.5 Å². The van der Waals surface area contributed by atoms with Crippen LogP contribution in [0.5, 0.6) is 0 Å². The number of fused-ring (bicyclic) bond motifs is 1. The minimum absolute atomic E-state index is 0.0509. The average Bonchev–Trinajstić information content (AvgIpc) is 3.32. The molecule has 12 heteroatoms. The summed E-state index contributed by atoms with van der Waals surface area (Å²) < 4.78 is 44.2. The van der Waals surface area contributed by atoms with Crippen LogP contribution in [0.25, 0.3) is 11.2 Å². The second-order valence-corrected chi connectivity index (χ2v) is 5.75. The van der Waals surface area contributed by atoms with Crippen molar-refractivity contribution in [2.45, 2.75) is 45.2 Å². The Balaban J connectivity index is 1.99. The minimum atomic E-state index is -1.28. The van der Waals surface area contributed by atoms with E-state index >= 15 is 0 Å². The molecule has 150 valence electrons. The lowest BCUT2D eigenvalue weighted by molar-refractivity contribution is -0.166. The topological polar surface area (TPSA) is 158 Å². The maximum Gasteiger partial charge on any atom is 0.303 e. The fourth-order valence-corrected chi connectivity index (χ4v) is 2.84. The number of aromatic nitrogens is 4. The number of nitrogen functional groups attached to an aromatic ring is 1. The Kier molecular flexibility index (Phi) is 4.36. The number of hydrogen-bond donors (Lipinski definition) is 1. The average molecular weight is 396 g/mol. The molecule has 1 aliphatic heterocycles. The number of carbonyl (C=O) groups excluding carboxylic acids is 3. The lowest BCUT2D eigenvalue weighted by Crippen LogP contribution is -2.40. The summed E-state index contributed by atoms with van der Waals surface area (Å²) in [6.45, 7) is -2.46. The van der Waals surface area contributed by atoms with Crippen LogP contribution in [0.4, 0.5) is 5.95 Å². The van der Waals surface area contributed by atoms with Gasteiger partial charge in [0.1, 0.15) is 18.2 Å². The molecule has 4 atom stereocenters. The first kappa shape index (κ1) is 15.7. The van der Waals surface area contributed by atoms with Gasteiger partial charge in [-0.05, 0) is 0 Å². The van der Waals surface area contributed by atoms with Gasteiger partial charge in [0.15, 0.2) is 24.1 Å². The van der Waals surface area contributed by atoms with Crippen LogP contribution in [0.3, 0.4) is 0 Å². The van der Waals surface area contributed by atoms with E-state index in [1.807, 2.05) is 0 Å². The molecule has 28 heavy (non-hydrogen) atoms. The van der Waals surface area contributed by atoms with E-state index in [0.29, 0.717) is 5.52 Å². The second kappa shape index (κ2) is 7.76. The number of rotatable bonds is 5. The molecule has 3 rings (SSSR count). The molecule has 12 nitrogen and oxygen atoms in total. The Hall–Kier alpha value is -3.28. The zero-order chi connectivity index (χ0) is 22.5. The number of ether oxygens (including phenoxy) is 4. The third-order valence-electron chi connectivity index (χ3n) is 3.84. The predicted molar refractivity (Wildman–Crippen MR) is 91.4 cm³/mol. The highest BCUT2D eigenvalue weighted by atomic mass is 16.7. The first-order valence-corrected chi connectivity index (χ1v) is 7.90. The van der Waals surface area contributed by atoms with E-state index in [9.17, 15) is 14.4 Å². The molecule has 1 fully saturated rings. The lowest BCUT2D eigenvalue weighted by atomic mass is 10.1. The second-order valence-electron chi connectivity index (χ2n) is 5.75. The first-order chi connectivity index (χ1) is 14.9. The predicted octanol–water partition coefficient (Wildman–Crippen LogP) is -0.268. The smallest absolute Gasteiger partial charge is 0.303 e. The van der Waals surface area contributed by atoms with Gasteiger partial charge < -0.3 is 24.7 Å². The molecule has 3 heterocycles. The Bertz CT molecular complexity index is 974. The Morgan fingerprint density at radius 2 is 1.89 bits per heavy atom. The van der Waals surface area contributed by atoms with Crippen molar-refractivity contribution in [3.05, 3.63) is 12.5 Å². The van der Waals surface area contributed by atoms with Crippen LogP contribution in [-0.2, 0) is 33.3 Å². The van der Waals surface area contributed by atoms with Gasteiger partial charge in [-0.1, -0.05) is 0 Å². The van der Waals surface area contributed by atoms with Gasteiger partial charge in [0.05, 0.1) is 12.5 Å². The van der Waals surface area contributed by atoms with Crippen LogP contribution in [0, 0.1) is 0 Å². The first-order valence-electron chi connectivity index (χ1n) is 10.0. The Labute approximate surface area is 163 Å². The van der Waals surface area contributed by atoms with Gasteiger partial charge in [0.2, 0.25) is 5.95 Å². The molecule has 0 amide bonds. The van der Waals surface area contributed by atoms with E-state index in [4.69, 9.17) is 28.8 Å². The number of nitrogens with two attached hydrogens (primary N) is 1. The SMILES string of the molecule is [2H]CC(=O)OC[C@H]1OC(n2cnc3cnc(N)nc32)[C@H](OC(=O)C[2H])[C@@H]1OC(=O)C[2H]. The number of anilines is 1. The molecule has 1 unspecified atom stereocenters. The van der Waals surface area contributed by atoms with Crippen molar-refractivity contribution in [3.63, 3.8) is 0 Å². The molecule has 0 aliphatic carbocycles. The highest BCUT2D eigenvalue weighted by molar-refractivity contribution is 5.71. The molecule has 0 saturated carbocycles. The molecule has 1 saturated heterocycles. The summed E-state index contributed by atoms with van der Waals surface area (Å²) >= 11 is 0. The maximum atomic E-state index is 11.9. The largest absolute Gasteiger partial charge is 0.463 e. The Morgan fingerprint density at radius 1 is 1.18 bits per heavy atom. The fourth-order valence-electron chi connectivity index (χ4n) is 2.84. The van der Waals surface area contributed by atoms with Crippen LogP contribution < -0.4 is 5.73 Å². The van der Waals surface area contributed by atoms with E-state index in [-0.39, 0.29) is 11.6 Å². The molecule has 0 radical (unpaired) electrons. The van der Waals surface area contributed by atoms with Crippen LogP contribution in [0.2, 0.25) is 0 Å². The number of carbonyl (C=O) groups is 3. The standard InChI is InChI=1S/C16H19N5O7/c1-7(22)25-5-11-12(26-8(2)23)13(27-9(3)24)15(28-11)21-6-19-10-4-18-16(17)20-14(10)21/h4,6,11-13,15H,5H2,1-3H3,(H2,17,18,20)/t11-,12-,13-,15?/m1/s1/i1D,2D,3D. The molecule has 2 aromatic rings. The van der Waals surface area contributed by atoms with Gasteiger partial charge >= 0.3 is 17.9 Å². The van der Waals surface area contributed by atoms with Crippen molar-refractivity contribution in [1.29, 1.82) is 0 Å². The van der Waals surface area contributed by atoms with Crippen molar-refractivity contribution in [2.75, 3.05) is 12.3 Å². The van der Waals surface area contributed by atoms with Gasteiger partial charge in [0.25, 0.3) is 0 Å². The molecule has 0 bridgehead atoms. The summed E-state index contributed by atoms with van der Waals surface area (Å²) in [5.41, 5.74) is 6.23. The molecule has 1 aliphatic rings.